The van der Waals surface area contributed by atoms with E-state index in [1.807, 2.05) is 0 Å². The van der Waals surface area contributed by atoms with Crippen LogP contribution in [0.2, 0.25) is 0 Å². The maximum absolute atomic E-state index is 14.3. The molecule has 6 saturated carbocycles. The molecule has 50 heavy (non-hydrogen) atoms. The first-order chi connectivity index (χ1) is 22.9. The van der Waals surface area contributed by atoms with Crippen LogP contribution in [0.4, 0.5) is 17.6 Å². The maximum atomic E-state index is 14.3. The minimum atomic E-state index is -1.57. The van der Waals surface area contributed by atoms with Crippen molar-refractivity contribution >= 4 is 11.6 Å². The predicted octanol–water partition coefficient (Wildman–Crippen LogP) is 11.2. The van der Waals surface area contributed by atoms with E-state index in [0.717, 1.165) is 86.9 Å². The number of ketones is 2. The molecule has 0 heterocycles. The number of alkyl halides is 4. The van der Waals surface area contributed by atoms with Gasteiger partial charge < -0.3 is 11.0 Å². The summed E-state index contributed by atoms with van der Waals surface area (Å²) in [5, 5.41) is 0. The molecule has 8 unspecified atom stereocenters. The van der Waals surface area contributed by atoms with Gasteiger partial charge in [0.15, 0.2) is 0 Å². The van der Waals surface area contributed by atoms with Gasteiger partial charge in [-0.3, -0.25) is 9.59 Å². The zero-order valence-corrected chi connectivity index (χ0v) is 31.7. The van der Waals surface area contributed by atoms with E-state index in [1.165, 1.54) is 51.4 Å². The highest BCUT2D eigenvalue weighted by molar-refractivity contribution is 5.84. The zero-order valence-electron chi connectivity index (χ0n) is 31.7. The third-order valence-corrected chi connectivity index (χ3v) is 14.9. The van der Waals surface area contributed by atoms with Crippen LogP contribution in [-0.2, 0) is 9.59 Å². The van der Waals surface area contributed by atoms with E-state index < -0.39 is 36.5 Å². The summed E-state index contributed by atoms with van der Waals surface area (Å²) in [7, 11) is 0. The highest BCUT2D eigenvalue weighted by Gasteiger charge is 2.46. The number of Topliss-reactive ketones (excluding diaryl/α,β-unsaturated/α-hetero) is 2. The average molecular weight is 725 g/mol. The molecule has 6 rings (SSSR count). The lowest BCUT2D eigenvalue weighted by Gasteiger charge is -2.39. The van der Waals surface area contributed by atoms with Crippen molar-refractivity contribution in [3.63, 3.8) is 0 Å². The summed E-state index contributed by atoms with van der Waals surface area (Å²) >= 11 is 0. The quantitative estimate of drug-likeness (QED) is 0.255. The first kappa shape index (κ1) is 43.4. The highest BCUT2D eigenvalue weighted by atomic mass is 19.2. The van der Waals surface area contributed by atoms with Gasteiger partial charge in [0.2, 0.25) is 0 Å². The fourth-order valence-electron chi connectivity index (χ4n) is 11.1. The number of hydrogen-bond acceptors (Lipinski definition) is 2. The Morgan fingerprint density at radius 1 is 0.380 bits per heavy atom. The summed E-state index contributed by atoms with van der Waals surface area (Å²) < 4.78 is 56.5. The normalized spacial score (nSPS) is 45.4. The summed E-state index contributed by atoms with van der Waals surface area (Å²) in [5.74, 6) is 3.20. The predicted molar refractivity (Wildman–Crippen MR) is 202 cm³/mol. The molecule has 6 aliphatic carbocycles. The van der Waals surface area contributed by atoms with Crippen molar-refractivity contribution in [1.82, 2.24) is 0 Å². The molecule has 4 nitrogen and oxygen atoms in total. The van der Waals surface area contributed by atoms with E-state index in [0.29, 0.717) is 25.7 Å². The molecule has 0 aromatic carbocycles. The molecule has 6 aliphatic rings. The molecule has 300 valence electrons. The van der Waals surface area contributed by atoms with Gasteiger partial charge in [0, 0.05) is 17.5 Å². The van der Waals surface area contributed by atoms with Crippen LogP contribution in [0, 0.1) is 71.0 Å². The Bertz CT molecular complexity index is 952. The van der Waals surface area contributed by atoms with Gasteiger partial charge in [-0.2, -0.15) is 0 Å². The molecular formula is C42H80F4O4. The highest BCUT2D eigenvalue weighted by Crippen LogP contribution is 2.45. The van der Waals surface area contributed by atoms with Crippen molar-refractivity contribution < 1.29 is 43.8 Å². The molecule has 6 fully saturated rings. The third-order valence-electron chi connectivity index (χ3n) is 14.9. The Morgan fingerprint density at radius 3 is 0.920 bits per heavy atom. The number of hydrogen-bond donors (Lipinski definition) is 0. The van der Waals surface area contributed by atoms with Crippen LogP contribution in [0.3, 0.4) is 0 Å². The summed E-state index contributed by atoms with van der Waals surface area (Å²) in [6.07, 6.45) is 15.3. The molecule has 4 N–H and O–H groups in total. The molecule has 8 atom stereocenters. The summed E-state index contributed by atoms with van der Waals surface area (Å²) in [4.78, 5) is 25.5. The average Bonchev–Trinajstić information content (AvgIpc) is 3.10. The largest absolute Gasteiger partial charge is 0.412 e. The number of carbonyl (C=O) groups is 2. The van der Waals surface area contributed by atoms with Gasteiger partial charge in [0.25, 0.3) is 0 Å². The van der Waals surface area contributed by atoms with E-state index in [2.05, 4.69) is 13.8 Å². The lowest BCUT2D eigenvalue weighted by atomic mass is 9.67. The topological polar surface area (TPSA) is 97.1 Å². The Hall–Kier alpha value is -1.02. The molecule has 0 saturated heterocycles. The van der Waals surface area contributed by atoms with E-state index in [-0.39, 0.29) is 51.9 Å². The first-order valence-corrected chi connectivity index (χ1v) is 20.6. The SMILES string of the molecule is CC1CCC(C2CCC(C(=O)C3CCC(C)C(F)C3F)CC2)CC1.CC1CCC(C2CCC(C(=O)C3CCC(C)C(F)C3F)CC2)CC1.O.O.[HH].[HH].[HH].[HH]. The van der Waals surface area contributed by atoms with Crippen LogP contribution in [0.25, 0.3) is 0 Å². The minimum absolute atomic E-state index is 0. The van der Waals surface area contributed by atoms with Crippen molar-refractivity contribution in [1.29, 1.82) is 0 Å². The minimum Gasteiger partial charge on any atom is -0.412 e. The fourth-order valence-corrected chi connectivity index (χ4v) is 11.1. The number of rotatable bonds is 6. The van der Waals surface area contributed by atoms with Gasteiger partial charge >= 0.3 is 0 Å². The second-order valence-electron chi connectivity index (χ2n) is 18.2. The van der Waals surface area contributed by atoms with Crippen LogP contribution < -0.4 is 0 Å². The molecule has 0 aromatic heterocycles. The van der Waals surface area contributed by atoms with Crippen molar-refractivity contribution in [3.8, 4) is 0 Å². The maximum Gasteiger partial charge on any atom is 0.142 e. The van der Waals surface area contributed by atoms with Gasteiger partial charge in [0.05, 0.1) is 11.8 Å². The summed E-state index contributed by atoms with van der Waals surface area (Å²) in [6.45, 7) is 8.22. The second kappa shape index (κ2) is 19.9. The van der Waals surface area contributed by atoms with Crippen LogP contribution >= 0.6 is 0 Å². The van der Waals surface area contributed by atoms with Crippen LogP contribution in [0.5, 0.6) is 0 Å². The van der Waals surface area contributed by atoms with Gasteiger partial charge in [-0.1, -0.05) is 53.4 Å². The van der Waals surface area contributed by atoms with Crippen molar-refractivity contribution in [3.05, 3.63) is 0 Å². The van der Waals surface area contributed by atoms with E-state index in [4.69, 9.17) is 0 Å². The van der Waals surface area contributed by atoms with Crippen LogP contribution in [0.15, 0.2) is 0 Å². The van der Waals surface area contributed by atoms with Crippen molar-refractivity contribution in [2.75, 3.05) is 0 Å². The second-order valence-corrected chi connectivity index (χ2v) is 18.2. The molecule has 8 heteroatoms. The molecule has 0 spiro atoms. The van der Waals surface area contributed by atoms with E-state index in [9.17, 15) is 27.2 Å². The Balaban J connectivity index is 0. The summed E-state index contributed by atoms with van der Waals surface area (Å²) in [6, 6.07) is 0. The lowest BCUT2D eigenvalue weighted by molar-refractivity contribution is -0.135. The first-order valence-electron chi connectivity index (χ1n) is 20.6. The van der Waals surface area contributed by atoms with Crippen LogP contribution in [0.1, 0.15) is 162 Å². The summed E-state index contributed by atoms with van der Waals surface area (Å²) in [5.41, 5.74) is 0. The van der Waals surface area contributed by atoms with Crippen molar-refractivity contribution in [2.24, 2.45) is 71.0 Å². The Labute approximate surface area is 307 Å². The number of carbonyl (C=O) groups excluding carboxylic acids is 2. The fraction of sp³-hybridized carbons (Fsp3) is 0.952. The Kier molecular flexibility index (Phi) is 17.3. The van der Waals surface area contributed by atoms with Gasteiger partial charge in [-0.25, -0.2) is 17.6 Å². The molecule has 0 aliphatic heterocycles. The van der Waals surface area contributed by atoms with Gasteiger partial charge in [-0.05, 0) is 150 Å². The molecule has 0 amide bonds. The molecule has 0 aromatic rings. The van der Waals surface area contributed by atoms with E-state index >= 15 is 0 Å². The molecule has 0 bridgehead atoms. The van der Waals surface area contributed by atoms with E-state index in [1.54, 1.807) is 13.8 Å². The Morgan fingerprint density at radius 2 is 0.640 bits per heavy atom. The monoisotopic (exact) mass is 725 g/mol. The third kappa shape index (κ3) is 10.6. The van der Waals surface area contributed by atoms with Gasteiger partial charge in [0.1, 0.15) is 36.3 Å². The molecular weight excluding hydrogens is 644 g/mol. The lowest BCUT2D eigenvalue weighted by Crippen LogP contribution is -2.43. The zero-order chi connectivity index (χ0) is 34.5. The molecule has 0 radical (unpaired) electrons. The van der Waals surface area contributed by atoms with Gasteiger partial charge in [-0.15, -0.1) is 0 Å². The van der Waals surface area contributed by atoms with Crippen LogP contribution in [-0.4, -0.2) is 47.2 Å². The smallest absolute Gasteiger partial charge is 0.142 e. The standard InChI is InChI=1S/2C21H34F2O.2H2O.4H2/c2*1-13-3-6-15(7-4-13)16-8-10-17(11-9-16)21(24)18-12-5-14(2)19(22)20(18)23;;;;;;/h2*13-20H,3-12H2,1-2H3;2*1H2;4*1H. The van der Waals surface area contributed by atoms with Crippen molar-refractivity contribution in [2.45, 2.75) is 181 Å². The number of halogens is 4.